The second kappa shape index (κ2) is 9.01. The number of aliphatic hydroxyl groups is 1. The molecule has 38 heavy (non-hydrogen) atoms. The average Bonchev–Trinajstić information content (AvgIpc) is 3.21. The van der Waals surface area contributed by atoms with Gasteiger partial charge in [0, 0.05) is 62.0 Å². The second-order valence-corrected chi connectivity index (χ2v) is 12.0. The molecular weight excluding hydrogens is 495 g/mol. The standard InChI is InChI=1S/C30H34F3NO4/c31-30(32,33)20-4-2-19(3-5-20)27-24-25(29(38-27)10-14-37-15-11-29)23-21(16-28(8-1-9-28)17-22(23)35)34-26(24)18-6-12-36-13-7-18/h2-5,18,22,27,35H,1,6-17H2/t22-,27+/m0/s1. The minimum atomic E-state index is -4.40. The molecular formula is C30H34F3NO4. The van der Waals surface area contributed by atoms with Crippen molar-refractivity contribution in [3.8, 4) is 0 Å². The normalized spacial score (nSPS) is 28.2. The monoisotopic (exact) mass is 529 g/mol. The molecule has 2 saturated heterocycles. The Morgan fingerprint density at radius 3 is 2.21 bits per heavy atom. The molecule has 1 aromatic carbocycles. The number of fused-ring (bicyclic) bond motifs is 4. The first-order chi connectivity index (χ1) is 18.3. The Morgan fingerprint density at radius 1 is 0.895 bits per heavy atom. The summed E-state index contributed by atoms with van der Waals surface area (Å²) in [5.74, 6) is 0.190. The zero-order chi connectivity index (χ0) is 26.1. The number of pyridine rings is 1. The lowest BCUT2D eigenvalue weighted by Gasteiger charge is -2.48. The Morgan fingerprint density at radius 2 is 1.58 bits per heavy atom. The topological polar surface area (TPSA) is 60.8 Å². The van der Waals surface area contributed by atoms with E-state index in [1.165, 1.54) is 6.42 Å². The minimum absolute atomic E-state index is 0.135. The van der Waals surface area contributed by atoms with Crippen molar-refractivity contribution < 1.29 is 32.5 Å². The SMILES string of the molecule is O[C@H]1CC2(CCC2)Cc2nc(C3CCOCC3)c3c(c21)C1(CCOCC1)O[C@@H]3c1ccc(C(F)(F)F)cc1. The molecule has 5 aliphatic rings. The summed E-state index contributed by atoms with van der Waals surface area (Å²) in [6, 6.07) is 5.37. The number of alkyl halides is 3. The lowest BCUT2D eigenvalue weighted by Crippen LogP contribution is -2.41. The van der Waals surface area contributed by atoms with Gasteiger partial charge < -0.3 is 19.3 Å². The van der Waals surface area contributed by atoms with Crippen LogP contribution in [-0.4, -0.2) is 36.5 Å². The van der Waals surface area contributed by atoms with E-state index in [-0.39, 0.29) is 11.3 Å². The van der Waals surface area contributed by atoms with Gasteiger partial charge in [-0.3, -0.25) is 4.98 Å². The number of hydrogen-bond donors (Lipinski definition) is 1. The number of benzene rings is 1. The highest BCUT2D eigenvalue weighted by Crippen LogP contribution is 2.60. The summed E-state index contributed by atoms with van der Waals surface area (Å²) < 4.78 is 58.5. The molecule has 8 heteroatoms. The molecule has 2 aromatic rings. The molecule has 4 heterocycles. The third kappa shape index (κ3) is 3.94. The van der Waals surface area contributed by atoms with E-state index in [9.17, 15) is 18.3 Å². The van der Waals surface area contributed by atoms with E-state index in [0.29, 0.717) is 44.8 Å². The minimum Gasteiger partial charge on any atom is -0.388 e. The second-order valence-electron chi connectivity index (χ2n) is 12.0. The van der Waals surface area contributed by atoms with Crippen molar-refractivity contribution in [1.82, 2.24) is 4.98 Å². The molecule has 2 aliphatic carbocycles. The third-order valence-electron chi connectivity index (χ3n) is 9.81. The molecule has 1 N–H and O–H groups in total. The Labute approximate surface area is 220 Å². The van der Waals surface area contributed by atoms with Gasteiger partial charge in [0.25, 0.3) is 0 Å². The molecule has 3 fully saturated rings. The zero-order valence-electron chi connectivity index (χ0n) is 21.5. The fraction of sp³-hybridized carbons (Fsp3) is 0.633. The Bertz CT molecular complexity index is 1210. The average molecular weight is 530 g/mol. The summed E-state index contributed by atoms with van der Waals surface area (Å²) >= 11 is 0. The van der Waals surface area contributed by atoms with Gasteiger partial charge in [0.1, 0.15) is 6.10 Å². The molecule has 0 amide bonds. The molecule has 2 spiro atoms. The first-order valence-electron chi connectivity index (χ1n) is 14.0. The lowest BCUT2D eigenvalue weighted by molar-refractivity contribution is -0.137. The number of nitrogens with zero attached hydrogens (tertiary/aromatic N) is 1. The van der Waals surface area contributed by atoms with Crippen LogP contribution in [0.2, 0.25) is 0 Å². The predicted octanol–water partition coefficient (Wildman–Crippen LogP) is 6.27. The van der Waals surface area contributed by atoms with Gasteiger partial charge in [0.15, 0.2) is 0 Å². The largest absolute Gasteiger partial charge is 0.416 e. The van der Waals surface area contributed by atoms with Crippen LogP contribution in [0.3, 0.4) is 0 Å². The van der Waals surface area contributed by atoms with Crippen molar-refractivity contribution in [2.45, 2.75) is 87.7 Å². The molecule has 0 radical (unpaired) electrons. The van der Waals surface area contributed by atoms with Gasteiger partial charge in [-0.05, 0) is 67.2 Å². The summed E-state index contributed by atoms with van der Waals surface area (Å²) in [6.07, 6.45) is 2.51. The van der Waals surface area contributed by atoms with Gasteiger partial charge in [0.2, 0.25) is 0 Å². The van der Waals surface area contributed by atoms with Crippen LogP contribution in [0.1, 0.15) is 109 Å². The molecule has 0 bridgehead atoms. The molecule has 3 aliphatic heterocycles. The van der Waals surface area contributed by atoms with Crippen molar-refractivity contribution in [3.05, 3.63) is 63.5 Å². The van der Waals surface area contributed by atoms with Crippen molar-refractivity contribution in [3.63, 3.8) is 0 Å². The fourth-order valence-electron chi connectivity index (χ4n) is 7.71. The van der Waals surface area contributed by atoms with Crippen molar-refractivity contribution in [2.24, 2.45) is 5.41 Å². The molecule has 7 rings (SSSR count). The summed E-state index contributed by atoms with van der Waals surface area (Å²) in [7, 11) is 0. The molecule has 204 valence electrons. The summed E-state index contributed by atoms with van der Waals surface area (Å²) in [5.41, 5.74) is 4.47. The van der Waals surface area contributed by atoms with Crippen LogP contribution in [0.5, 0.6) is 0 Å². The maximum atomic E-state index is 13.4. The number of halogens is 3. The van der Waals surface area contributed by atoms with E-state index in [4.69, 9.17) is 19.2 Å². The molecule has 1 saturated carbocycles. The van der Waals surface area contributed by atoms with Crippen molar-refractivity contribution >= 4 is 0 Å². The first-order valence-corrected chi connectivity index (χ1v) is 14.0. The van der Waals surface area contributed by atoms with E-state index in [1.807, 2.05) is 0 Å². The highest BCUT2D eigenvalue weighted by atomic mass is 19.4. The van der Waals surface area contributed by atoms with E-state index in [0.717, 1.165) is 78.7 Å². The van der Waals surface area contributed by atoms with Crippen molar-refractivity contribution in [2.75, 3.05) is 26.4 Å². The van der Waals surface area contributed by atoms with E-state index in [2.05, 4.69) is 0 Å². The van der Waals surface area contributed by atoms with E-state index >= 15 is 0 Å². The van der Waals surface area contributed by atoms with Gasteiger partial charge in [-0.2, -0.15) is 13.2 Å². The van der Waals surface area contributed by atoms with Crippen molar-refractivity contribution in [1.29, 1.82) is 0 Å². The molecule has 0 unspecified atom stereocenters. The third-order valence-corrected chi connectivity index (χ3v) is 9.81. The van der Waals surface area contributed by atoms with Crippen LogP contribution in [-0.2, 0) is 32.4 Å². The van der Waals surface area contributed by atoms with Gasteiger partial charge in [-0.1, -0.05) is 18.6 Å². The summed E-state index contributed by atoms with van der Waals surface area (Å²) in [5, 5.41) is 11.7. The Kier molecular flexibility index (Phi) is 5.93. The van der Waals surface area contributed by atoms with Crippen LogP contribution in [0.4, 0.5) is 13.2 Å². The van der Waals surface area contributed by atoms with E-state index in [1.54, 1.807) is 12.1 Å². The lowest BCUT2D eigenvalue weighted by atomic mass is 9.58. The summed E-state index contributed by atoms with van der Waals surface area (Å²) in [6.45, 7) is 2.41. The maximum Gasteiger partial charge on any atom is 0.416 e. The zero-order valence-corrected chi connectivity index (χ0v) is 21.5. The quantitative estimate of drug-likeness (QED) is 0.497. The molecule has 5 nitrogen and oxygen atoms in total. The fourth-order valence-corrected chi connectivity index (χ4v) is 7.71. The van der Waals surface area contributed by atoms with Crippen LogP contribution < -0.4 is 0 Å². The van der Waals surface area contributed by atoms with Crippen LogP contribution in [0.25, 0.3) is 0 Å². The number of rotatable bonds is 2. The number of aromatic nitrogens is 1. The smallest absolute Gasteiger partial charge is 0.388 e. The van der Waals surface area contributed by atoms with Gasteiger partial charge in [0.05, 0.1) is 23.0 Å². The number of ether oxygens (including phenoxy) is 3. The highest BCUT2D eigenvalue weighted by Gasteiger charge is 2.54. The van der Waals surface area contributed by atoms with Crippen LogP contribution >= 0.6 is 0 Å². The highest BCUT2D eigenvalue weighted by molar-refractivity contribution is 5.55. The summed E-state index contributed by atoms with van der Waals surface area (Å²) in [4.78, 5) is 5.34. The van der Waals surface area contributed by atoms with Gasteiger partial charge in [-0.15, -0.1) is 0 Å². The maximum absolute atomic E-state index is 13.4. The number of aliphatic hydroxyl groups excluding tert-OH is 1. The van der Waals surface area contributed by atoms with E-state index < -0.39 is 29.5 Å². The first kappa shape index (κ1) is 25.0. The van der Waals surface area contributed by atoms with Crippen LogP contribution in [0, 0.1) is 5.41 Å². The predicted molar refractivity (Wildman–Crippen MR) is 133 cm³/mol. The molecule has 1 aromatic heterocycles. The Balaban J connectivity index is 1.43. The molecule has 2 atom stereocenters. The van der Waals surface area contributed by atoms with Gasteiger partial charge >= 0.3 is 6.18 Å². The Hall–Kier alpha value is -2.00. The van der Waals surface area contributed by atoms with Crippen LogP contribution in [0.15, 0.2) is 24.3 Å². The van der Waals surface area contributed by atoms with Gasteiger partial charge in [-0.25, -0.2) is 0 Å². The number of hydrogen-bond acceptors (Lipinski definition) is 5.